The van der Waals surface area contributed by atoms with Gasteiger partial charge in [0.1, 0.15) is 5.75 Å². The van der Waals surface area contributed by atoms with Gasteiger partial charge in [0.15, 0.2) is 0 Å². The molecule has 1 aromatic carbocycles. The van der Waals surface area contributed by atoms with Crippen molar-refractivity contribution in [2.45, 2.75) is 20.3 Å². The van der Waals surface area contributed by atoms with Crippen LogP contribution in [0.4, 0.5) is 5.69 Å². The first-order valence-corrected chi connectivity index (χ1v) is 8.09. The smallest absolute Gasteiger partial charge is 0.144 e. The molecule has 0 atom stereocenters. The summed E-state index contributed by atoms with van der Waals surface area (Å²) in [6.45, 7) is 4.39. The highest BCUT2D eigenvalue weighted by molar-refractivity contribution is 9.11. The van der Waals surface area contributed by atoms with E-state index in [2.05, 4.69) is 57.1 Å². The lowest BCUT2D eigenvalue weighted by atomic mass is 10.0. The average Bonchev–Trinajstić information content (AvgIpc) is 2.38. The third-order valence-corrected chi connectivity index (χ3v) is 4.28. The second kappa shape index (κ2) is 6.31. The van der Waals surface area contributed by atoms with E-state index >= 15 is 0 Å². The van der Waals surface area contributed by atoms with Crippen LogP contribution >= 0.6 is 31.9 Å². The maximum atomic E-state index is 5.53. The van der Waals surface area contributed by atoms with E-state index in [1.54, 1.807) is 7.11 Å². The number of benzene rings is 1. The highest BCUT2D eigenvalue weighted by atomic mass is 79.9. The summed E-state index contributed by atoms with van der Waals surface area (Å²) >= 11 is 7.14. The fourth-order valence-electron chi connectivity index (χ4n) is 2.28. The minimum atomic E-state index is 0.570. The van der Waals surface area contributed by atoms with Crippen LogP contribution in [0.3, 0.4) is 0 Å². The van der Waals surface area contributed by atoms with Crippen molar-refractivity contribution in [3.63, 3.8) is 0 Å². The van der Waals surface area contributed by atoms with Crippen molar-refractivity contribution < 1.29 is 4.74 Å². The molecule has 0 radical (unpaired) electrons. The molecule has 0 bridgehead atoms. The van der Waals surface area contributed by atoms with Crippen LogP contribution in [-0.2, 0) is 6.42 Å². The monoisotopic (exact) mass is 400 g/mol. The Labute approximate surface area is 136 Å². The number of hydrogen-bond acceptors (Lipinski definition) is 3. The van der Waals surface area contributed by atoms with Gasteiger partial charge in [-0.2, -0.15) is 0 Å². The van der Waals surface area contributed by atoms with Gasteiger partial charge in [-0.05, 0) is 56.3 Å². The Hall–Kier alpha value is -0.810. The predicted octanol–water partition coefficient (Wildman–Crippen LogP) is 5.01. The fourth-order valence-corrected chi connectivity index (χ4v) is 3.70. The van der Waals surface area contributed by atoms with E-state index in [-0.39, 0.29) is 0 Å². The van der Waals surface area contributed by atoms with Crippen LogP contribution in [0.25, 0.3) is 10.9 Å². The molecule has 3 nitrogen and oxygen atoms in total. The molecule has 0 saturated heterocycles. The third-order valence-electron chi connectivity index (χ3n) is 3.09. The standard InChI is InChI=1S/C15H18Br2N2O/c1-8(2)5-9-6-12(18-3)13-14(19-9)10(16)7-11(17)15(13)20-4/h6-8H,5H2,1-4H3,(H,18,19). The van der Waals surface area contributed by atoms with Gasteiger partial charge in [0, 0.05) is 22.9 Å². The summed E-state index contributed by atoms with van der Waals surface area (Å²) in [5.41, 5.74) is 3.04. The SMILES string of the molecule is CNc1cc(CC(C)C)nc2c(Br)cc(Br)c(OC)c12. The lowest BCUT2D eigenvalue weighted by Gasteiger charge is -2.15. The second-order valence-electron chi connectivity index (χ2n) is 5.11. The predicted molar refractivity (Wildman–Crippen MR) is 91.8 cm³/mol. The zero-order valence-corrected chi connectivity index (χ0v) is 15.2. The lowest BCUT2D eigenvalue weighted by molar-refractivity contribution is 0.417. The Morgan fingerprint density at radius 2 is 1.95 bits per heavy atom. The van der Waals surface area contributed by atoms with E-state index in [0.717, 1.165) is 43.4 Å². The van der Waals surface area contributed by atoms with Crippen molar-refractivity contribution in [3.8, 4) is 5.75 Å². The van der Waals surface area contributed by atoms with Gasteiger partial charge in [-0.15, -0.1) is 0 Å². The van der Waals surface area contributed by atoms with Crippen LogP contribution in [0.5, 0.6) is 5.75 Å². The van der Waals surface area contributed by atoms with Crippen LogP contribution in [0.1, 0.15) is 19.5 Å². The molecule has 1 N–H and O–H groups in total. The number of halogens is 2. The van der Waals surface area contributed by atoms with Crippen molar-refractivity contribution >= 4 is 48.5 Å². The molecule has 2 aromatic rings. The van der Waals surface area contributed by atoms with E-state index in [9.17, 15) is 0 Å². The van der Waals surface area contributed by atoms with E-state index in [4.69, 9.17) is 9.72 Å². The molecule has 0 saturated carbocycles. The molecule has 0 spiro atoms. The first-order chi connectivity index (χ1) is 9.47. The normalized spacial score (nSPS) is 11.2. The van der Waals surface area contributed by atoms with Crippen LogP contribution in [0.2, 0.25) is 0 Å². The van der Waals surface area contributed by atoms with Crippen molar-refractivity contribution in [3.05, 3.63) is 26.8 Å². The summed E-state index contributed by atoms with van der Waals surface area (Å²) in [6.07, 6.45) is 0.954. The van der Waals surface area contributed by atoms with Crippen LogP contribution < -0.4 is 10.1 Å². The molecule has 108 valence electrons. The number of rotatable bonds is 4. The topological polar surface area (TPSA) is 34.2 Å². The minimum absolute atomic E-state index is 0.570. The summed E-state index contributed by atoms with van der Waals surface area (Å²) in [5.74, 6) is 1.37. The molecule has 0 fully saturated rings. The van der Waals surface area contributed by atoms with Crippen molar-refractivity contribution in [2.75, 3.05) is 19.5 Å². The Kier molecular flexibility index (Phi) is 4.91. The van der Waals surface area contributed by atoms with Crippen molar-refractivity contribution in [1.82, 2.24) is 4.98 Å². The van der Waals surface area contributed by atoms with E-state index < -0.39 is 0 Å². The Morgan fingerprint density at radius 1 is 1.25 bits per heavy atom. The van der Waals surface area contributed by atoms with Gasteiger partial charge in [0.05, 0.1) is 22.5 Å². The molecule has 0 aliphatic rings. The van der Waals surface area contributed by atoms with E-state index in [1.165, 1.54) is 0 Å². The molecule has 0 aliphatic carbocycles. The Balaban J connectivity index is 2.79. The van der Waals surface area contributed by atoms with Gasteiger partial charge in [-0.3, -0.25) is 4.98 Å². The highest BCUT2D eigenvalue weighted by Gasteiger charge is 2.16. The molecule has 0 unspecified atom stereocenters. The molecule has 2 rings (SSSR count). The fraction of sp³-hybridized carbons (Fsp3) is 0.400. The maximum absolute atomic E-state index is 5.53. The third kappa shape index (κ3) is 2.93. The number of ether oxygens (including phenoxy) is 1. The number of hydrogen-bond donors (Lipinski definition) is 1. The minimum Gasteiger partial charge on any atom is -0.495 e. The molecule has 5 heteroatoms. The zero-order chi connectivity index (χ0) is 14.9. The van der Waals surface area contributed by atoms with E-state index in [1.807, 2.05) is 13.1 Å². The Morgan fingerprint density at radius 3 is 2.50 bits per heavy atom. The van der Waals surface area contributed by atoms with Gasteiger partial charge >= 0.3 is 0 Å². The summed E-state index contributed by atoms with van der Waals surface area (Å²) in [6, 6.07) is 4.08. The van der Waals surface area contributed by atoms with Crippen LogP contribution in [0.15, 0.2) is 21.1 Å². The first-order valence-electron chi connectivity index (χ1n) is 6.51. The Bertz CT molecular complexity index is 642. The quantitative estimate of drug-likeness (QED) is 0.781. The largest absolute Gasteiger partial charge is 0.495 e. The number of pyridine rings is 1. The molecular weight excluding hydrogens is 384 g/mol. The lowest BCUT2D eigenvalue weighted by Crippen LogP contribution is -2.02. The van der Waals surface area contributed by atoms with E-state index in [0.29, 0.717) is 5.92 Å². The summed E-state index contributed by atoms with van der Waals surface area (Å²) < 4.78 is 7.40. The number of anilines is 1. The van der Waals surface area contributed by atoms with Crippen LogP contribution in [-0.4, -0.2) is 19.1 Å². The van der Waals surface area contributed by atoms with Gasteiger partial charge in [-0.25, -0.2) is 0 Å². The number of nitrogens with zero attached hydrogens (tertiary/aromatic N) is 1. The average molecular weight is 402 g/mol. The van der Waals surface area contributed by atoms with Gasteiger partial charge < -0.3 is 10.1 Å². The highest BCUT2D eigenvalue weighted by Crippen LogP contribution is 2.41. The maximum Gasteiger partial charge on any atom is 0.144 e. The summed E-state index contributed by atoms with van der Waals surface area (Å²) in [4.78, 5) is 4.79. The van der Waals surface area contributed by atoms with Gasteiger partial charge in [0.25, 0.3) is 0 Å². The number of methoxy groups -OCH3 is 1. The summed E-state index contributed by atoms with van der Waals surface area (Å²) in [5, 5.41) is 4.24. The molecule has 20 heavy (non-hydrogen) atoms. The number of nitrogens with one attached hydrogen (secondary N) is 1. The van der Waals surface area contributed by atoms with Crippen LogP contribution in [0, 0.1) is 5.92 Å². The zero-order valence-electron chi connectivity index (χ0n) is 12.1. The number of aromatic nitrogens is 1. The van der Waals surface area contributed by atoms with Gasteiger partial charge in [-0.1, -0.05) is 13.8 Å². The second-order valence-corrected chi connectivity index (χ2v) is 6.81. The van der Waals surface area contributed by atoms with Crippen molar-refractivity contribution in [1.29, 1.82) is 0 Å². The summed E-state index contributed by atoms with van der Waals surface area (Å²) in [7, 11) is 3.59. The molecule has 0 aliphatic heterocycles. The molecule has 1 heterocycles. The van der Waals surface area contributed by atoms with Crippen molar-refractivity contribution in [2.24, 2.45) is 5.92 Å². The molecular formula is C15H18Br2N2O. The first kappa shape index (κ1) is 15.6. The molecule has 1 aromatic heterocycles. The molecule has 0 amide bonds. The number of fused-ring (bicyclic) bond motifs is 1. The van der Waals surface area contributed by atoms with Gasteiger partial charge in [0.2, 0.25) is 0 Å².